The van der Waals surface area contributed by atoms with E-state index in [1.807, 2.05) is 35.2 Å². The fraction of sp³-hybridized carbons (Fsp3) is 0.348. The summed E-state index contributed by atoms with van der Waals surface area (Å²) in [7, 11) is -2.34. The number of aliphatic carboxylic acids is 1. The minimum Gasteiger partial charge on any atom is -0.612 e. The van der Waals surface area contributed by atoms with Gasteiger partial charge in [0, 0.05) is 37.5 Å². The predicted molar refractivity (Wildman–Crippen MR) is 128 cm³/mol. The summed E-state index contributed by atoms with van der Waals surface area (Å²) in [6.45, 7) is 2.49. The number of benzene rings is 2. The van der Waals surface area contributed by atoms with E-state index >= 15 is 0 Å². The Hall–Kier alpha value is -2.53. The van der Waals surface area contributed by atoms with Crippen molar-refractivity contribution in [2.45, 2.75) is 42.0 Å². The minimum absolute atomic E-state index is 0.0146. The van der Waals surface area contributed by atoms with E-state index in [2.05, 4.69) is 6.92 Å². The normalized spacial score (nSPS) is 19.2. The molecule has 2 aromatic rings. The standard InChI is InChI=1S/C23H28N2O6S2/c1-4-5-9-18-16-25(17-10-7-6-8-11-17)19-14-21(32(3)28)20(31-13-12-23(26)27)15-22(19)33(29,30)24(18)2/h6-8,10-15,18H,4-5,9,16H2,1-3H3,(H,26,27)/b13-12+. The zero-order valence-corrected chi connectivity index (χ0v) is 20.4. The number of hydrogen-bond acceptors (Lipinski definition) is 6. The first-order valence-corrected chi connectivity index (χ1v) is 13.5. The van der Waals surface area contributed by atoms with Crippen molar-refractivity contribution in [1.82, 2.24) is 4.31 Å². The maximum Gasteiger partial charge on any atom is 0.331 e. The maximum absolute atomic E-state index is 13.6. The average molecular weight is 493 g/mol. The lowest BCUT2D eigenvalue weighted by Gasteiger charge is -2.29. The van der Waals surface area contributed by atoms with Gasteiger partial charge in [-0.3, -0.25) is 0 Å². The third kappa shape index (κ3) is 5.52. The van der Waals surface area contributed by atoms with E-state index in [1.165, 1.54) is 16.6 Å². The van der Waals surface area contributed by atoms with Crippen LogP contribution in [-0.2, 0) is 26.0 Å². The first kappa shape index (κ1) is 25.1. The molecule has 3 rings (SSSR count). The summed E-state index contributed by atoms with van der Waals surface area (Å²) in [4.78, 5) is 13.0. The molecule has 0 radical (unpaired) electrons. The molecule has 8 nitrogen and oxygen atoms in total. The molecule has 2 atom stereocenters. The highest BCUT2D eigenvalue weighted by atomic mass is 32.2. The predicted octanol–water partition coefficient (Wildman–Crippen LogP) is 3.73. The number of likely N-dealkylation sites (N-methyl/N-ethyl adjacent to an activating group) is 1. The van der Waals surface area contributed by atoms with Gasteiger partial charge in [-0.05, 0) is 29.7 Å². The van der Waals surface area contributed by atoms with Crippen molar-refractivity contribution >= 4 is 38.5 Å². The summed E-state index contributed by atoms with van der Waals surface area (Å²) >= 11 is -1.52. The molecule has 1 aliphatic heterocycles. The van der Waals surface area contributed by atoms with Gasteiger partial charge in [0.25, 0.3) is 0 Å². The maximum atomic E-state index is 13.6. The number of para-hydroxylation sites is 1. The first-order valence-electron chi connectivity index (χ1n) is 10.5. The molecule has 2 unspecified atom stereocenters. The molecule has 10 heteroatoms. The Labute approximate surface area is 197 Å². The van der Waals surface area contributed by atoms with E-state index in [1.54, 1.807) is 13.1 Å². The van der Waals surface area contributed by atoms with Crippen LogP contribution in [0.5, 0.6) is 5.75 Å². The number of ether oxygens (including phenoxy) is 1. The fourth-order valence-corrected chi connectivity index (χ4v) is 6.00. The zero-order valence-electron chi connectivity index (χ0n) is 18.8. The molecule has 0 saturated heterocycles. The molecule has 0 amide bonds. The number of fused-ring (bicyclic) bond motifs is 1. The van der Waals surface area contributed by atoms with E-state index in [0.29, 0.717) is 18.7 Å². The Balaban J connectivity index is 2.24. The molecule has 2 aromatic carbocycles. The summed E-state index contributed by atoms with van der Waals surface area (Å²) in [6.07, 6.45) is 5.69. The summed E-state index contributed by atoms with van der Waals surface area (Å²) < 4.78 is 46.6. The Kier molecular flexibility index (Phi) is 8.06. The van der Waals surface area contributed by atoms with E-state index < -0.39 is 27.2 Å². The van der Waals surface area contributed by atoms with Gasteiger partial charge in [-0.25, -0.2) is 13.2 Å². The number of carbonyl (C=O) groups is 1. The van der Waals surface area contributed by atoms with Gasteiger partial charge in [0.1, 0.15) is 11.2 Å². The number of sulfonamides is 1. The number of anilines is 2. The molecular weight excluding hydrogens is 464 g/mol. The van der Waals surface area contributed by atoms with Gasteiger partial charge in [-0.15, -0.1) is 0 Å². The number of rotatable bonds is 8. The average Bonchev–Trinajstić information content (AvgIpc) is 2.86. The van der Waals surface area contributed by atoms with Crippen LogP contribution in [0.1, 0.15) is 26.2 Å². The second kappa shape index (κ2) is 10.6. The quantitative estimate of drug-likeness (QED) is 0.340. The Morgan fingerprint density at radius 1 is 1.30 bits per heavy atom. The van der Waals surface area contributed by atoms with Gasteiger partial charge in [0.05, 0.1) is 18.0 Å². The molecule has 0 bridgehead atoms. The van der Waals surface area contributed by atoms with Gasteiger partial charge in [-0.1, -0.05) is 38.0 Å². The molecule has 1 heterocycles. The first-order chi connectivity index (χ1) is 15.7. The van der Waals surface area contributed by atoms with Crippen molar-refractivity contribution in [3.8, 4) is 5.75 Å². The minimum atomic E-state index is -3.91. The Morgan fingerprint density at radius 2 is 2.00 bits per heavy atom. The third-order valence-electron chi connectivity index (χ3n) is 5.55. The molecule has 0 fully saturated rings. The SMILES string of the molecule is CCCCC1CN(c2ccccc2)c2cc([S+](C)[O-])c(O/C=C/C(=O)O)cc2S(=O)(=O)N1C. The second-order valence-electron chi connectivity index (χ2n) is 7.74. The highest BCUT2D eigenvalue weighted by molar-refractivity contribution is 7.91. The van der Waals surface area contributed by atoms with E-state index in [-0.39, 0.29) is 21.6 Å². The zero-order chi connectivity index (χ0) is 24.2. The number of carboxylic acids is 1. The molecule has 33 heavy (non-hydrogen) atoms. The Bertz CT molecular complexity index is 1120. The second-order valence-corrected chi connectivity index (χ2v) is 11.1. The van der Waals surface area contributed by atoms with Gasteiger partial charge < -0.3 is 19.3 Å². The molecule has 0 spiro atoms. The fourth-order valence-electron chi connectivity index (χ4n) is 3.77. The van der Waals surface area contributed by atoms with Crippen LogP contribution in [0.15, 0.2) is 64.6 Å². The highest BCUT2D eigenvalue weighted by Gasteiger charge is 2.38. The molecule has 178 valence electrons. The third-order valence-corrected chi connectivity index (χ3v) is 8.43. The number of unbranched alkanes of at least 4 members (excludes halogenated alkanes) is 1. The topological polar surface area (TPSA) is 110 Å². The molecule has 0 aliphatic carbocycles. The van der Waals surface area contributed by atoms with E-state index in [4.69, 9.17) is 9.84 Å². The van der Waals surface area contributed by atoms with Crippen LogP contribution in [0, 0.1) is 0 Å². The lowest BCUT2D eigenvalue weighted by atomic mass is 10.1. The van der Waals surface area contributed by atoms with Crippen molar-refractivity contribution in [3.63, 3.8) is 0 Å². The smallest absolute Gasteiger partial charge is 0.331 e. The van der Waals surface area contributed by atoms with Crippen molar-refractivity contribution in [3.05, 3.63) is 54.8 Å². The van der Waals surface area contributed by atoms with Crippen LogP contribution in [0.3, 0.4) is 0 Å². The molecular formula is C23H28N2O6S2. The lowest BCUT2D eigenvalue weighted by Crippen LogP contribution is -2.40. The van der Waals surface area contributed by atoms with Crippen molar-refractivity contribution in [2.24, 2.45) is 0 Å². The van der Waals surface area contributed by atoms with Gasteiger partial charge in [0.2, 0.25) is 10.0 Å². The number of hydrogen-bond donors (Lipinski definition) is 1. The van der Waals surface area contributed by atoms with Gasteiger partial charge >= 0.3 is 5.97 Å². The van der Waals surface area contributed by atoms with Crippen LogP contribution in [0.2, 0.25) is 0 Å². The van der Waals surface area contributed by atoms with Crippen LogP contribution in [0.25, 0.3) is 0 Å². The van der Waals surface area contributed by atoms with Crippen LogP contribution < -0.4 is 9.64 Å². The number of carboxylic acid groups (broad SMARTS) is 1. The Morgan fingerprint density at radius 3 is 2.61 bits per heavy atom. The monoisotopic (exact) mass is 492 g/mol. The summed E-state index contributed by atoms with van der Waals surface area (Å²) in [5.74, 6) is -1.19. The van der Waals surface area contributed by atoms with Crippen LogP contribution in [-0.4, -0.2) is 54.2 Å². The van der Waals surface area contributed by atoms with Gasteiger partial charge in [-0.2, -0.15) is 4.31 Å². The molecule has 0 saturated carbocycles. The lowest BCUT2D eigenvalue weighted by molar-refractivity contribution is -0.131. The highest BCUT2D eigenvalue weighted by Crippen LogP contribution is 2.42. The summed E-state index contributed by atoms with van der Waals surface area (Å²) in [5, 5.41) is 8.84. The van der Waals surface area contributed by atoms with Gasteiger partial charge in [0.15, 0.2) is 10.6 Å². The number of nitrogens with zero attached hydrogens (tertiary/aromatic N) is 2. The molecule has 1 aliphatic rings. The summed E-state index contributed by atoms with van der Waals surface area (Å²) in [6, 6.07) is 12.1. The summed E-state index contributed by atoms with van der Waals surface area (Å²) in [5.41, 5.74) is 1.23. The van der Waals surface area contributed by atoms with Crippen molar-refractivity contribution in [1.29, 1.82) is 0 Å². The molecule has 0 aromatic heterocycles. The largest absolute Gasteiger partial charge is 0.612 e. The van der Waals surface area contributed by atoms with Crippen LogP contribution in [0.4, 0.5) is 11.4 Å². The molecule has 1 N–H and O–H groups in total. The van der Waals surface area contributed by atoms with E-state index in [0.717, 1.165) is 30.9 Å². The van der Waals surface area contributed by atoms with Crippen molar-refractivity contribution < 1.29 is 27.6 Å². The van der Waals surface area contributed by atoms with Crippen molar-refractivity contribution in [2.75, 3.05) is 24.7 Å². The van der Waals surface area contributed by atoms with E-state index in [9.17, 15) is 17.8 Å². The van der Waals surface area contributed by atoms with Crippen LogP contribution >= 0.6 is 0 Å².